The third kappa shape index (κ3) is 3.06. The molecule has 2 aliphatic carbocycles. The maximum absolute atomic E-state index is 6.86. The van der Waals surface area contributed by atoms with Crippen LogP contribution in [-0.2, 0) is 11.2 Å². The van der Waals surface area contributed by atoms with Crippen LogP contribution in [0.5, 0.6) is 0 Å². The fourth-order valence-corrected chi connectivity index (χ4v) is 5.76. The Hall–Kier alpha value is -0.860. The number of rotatable bonds is 8. The zero-order chi connectivity index (χ0) is 18.1. The molecule has 0 aromatic heterocycles. The van der Waals surface area contributed by atoms with Gasteiger partial charge in [-0.1, -0.05) is 65.0 Å². The normalized spacial score (nSPS) is 33.3. The van der Waals surface area contributed by atoms with E-state index < -0.39 is 0 Å². The van der Waals surface area contributed by atoms with Crippen molar-refractivity contribution in [3.8, 4) is 0 Å². The Morgan fingerprint density at radius 3 is 2.28 bits per heavy atom. The highest BCUT2D eigenvalue weighted by Crippen LogP contribution is 2.71. The molecule has 1 aromatic rings. The molecule has 0 saturated heterocycles. The molecular weight excluding hydrogens is 306 g/mol. The van der Waals surface area contributed by atoms with Gasteiger partial charge in [-0.3, -0.25) is 0 Å². The minimum atomic E-state index is -0.00603. The van der Waals surface area contributed by atoms with Gasteiger partial charge in [0.25, 0.3) is 0 Å². The van der Waals surface area contributed by atoms with Crippen molar-refractivity contribution in [1.82, 2.24) is 4.90 Å². The van der Waals surface area contributed by atoms with Gasteiger partial charge >= 0.3 is 0 Å². The highest BCUT2D eigenvalue weighted by molar-refractivity contribution is 5.25. The van der Waals surface area contributed by atoms with Crippen LogP contribution in [0.1, 0.15) is 59.4 Å². The van der Waals surface area contributed by atoms with Crippen molar-refractivity contribution in [2.75, 3.05) is 26.2 Å². The molecule has 0 radical (unpaired) electrons. The van der Waals surface area contributed by atoms with Crippen molar-refractivity contribution >= 4 is 0 Å². The van der Waals surface area contributed by atoms with E-state index in [1.807, 2.05) is 0 Å². The Morgan fingerprint density at radius 1 is 1.08 bits per heavy atom. The molecule has 2 saturated carbocycles. The van der Waals surface area contributed by atoms with Crippen LogP contribution in [0.4, 0.5) is 0 Å². The molecule has 0 aliphatic heterocycles. The standard InChI is InChI=1S/C23H37NO/c1-6-24(7-2)15-16-25-23(17-19-11-9-8-10-12-19)18-20-13-14-22(23,5)21(20,3)4/h8-12,20H,6-7,13-18H2,1-5H3. The lowest BCUT2D eigenvalue weighted by Crippen LogP contribution is -2.51. The molecule has 3 rings (SSSR count). The molecule has 2 fully saturated rings. The molecule has 2 bridgehead atoms. The van der Waals surface area contributed by atoms with Crippen LogP contribution < -0.4 is 0 Å². The lowest BCUT2D eigenvalue weighted by atomic mass is 9.62. The third-order valence-corrected chi connectivity index (χ3v) is 8.03. The smallest absolute Gasteiger partial charge is 0.0784 e. The van der Waals surface area contributed by atoms with Gasteiger partial charge in [0.2, 0.25) is 0 Å². The second-order valence-corrected chi connectivity index (χ2v) is 9.03. The van der Waals surface area contributed by atoms with E-state index in [2.05, 4.69) is 69.9 Å². The molecular formula is C23H37NO. The van der Waals surface area contributed by atoms with Crippen LogP contribution in [0.25, 0.3) is 0 Å². The first kappa shape index (κ1) is 18.9. The zero-order valence-electron chi connectivity index (χ0n) is 17.0. The molecule has 0 N–H and O–H groups in total. The zero-order valence-corrected chi connectivity index (χ0v) is 17.0. The van der Waals surface area contributed by atoms with Crippen LogP contribution in [-0.4, -0.2) is 36.7 Å². The van der Waals surface area contributed by atoms with Gasteiger partial charge < -0.3 is 9.64 Å². The molecule has 25 heavy (non-hydrogen) atoms. The summed E-state index contributed by atoms with van der Waals surface area (Å²) in [7, 11) is 0. The van der Waals surface area contributed by atoms with Gasteiger partial charge in [-0.2, -0.15) is 0 Å². The Morgan fingerprint density at radius 2 is 1.76 bits per heavy atom. The van der Waals surface area contributed by atoms with E-state index in [4.69, 9.17) is 4.74 Å². The molecule has 0 heterocycles. The van der Waals surface area contributed by atoms with Crippen LogP contribution in [0.15, 0.2) is 30.3 Å². The van der Waals surface area contributed by atoms with Crippen molar-refractivity contribution < 1.29 is 4.74 Å². The van der Waals surface area contributed by atoms with Gasteiger partial charge in [0.1, 0.15) is 0 Å². The first-order valence-electron chi connectivity index (χ1n) is 10.3. The lowest BCUT2D eigenvalue weighted by Gasteiger charge is -2.49. The second kappa shape index (κ2) is 7.04. The summed E-state index contributed by atoms with van der Waals surface area (Å²) in [6.45, 7) is 16.1. The lowest BCUT2D eigenvalue weighted by molar-refractivity contribution is -0.141. The van der Waals surface area contributed by atoms with Crippen molar-refractivity contribution in [3.63, 3.8) is 0 Å². The summed E-state index contributed by atoms with van der Waals surface area (Å²) in [6.07, 6.45) is 4.97. The van der Waals surface area contributed by atoms with Crippen molar-refractivity contribution in [3.05, 3.63) is 35.9 Å². The Bertz CT molecular complexity index is 565. The van der Waals surface area contributed by atoms with Gasteiger partial charge in [0.15, 0.2) is 0 Å². The third-order valence-electron chi connectivity index (χ3n) is 8.03. The summed E-state index contributed by atoms with van der Waals surface area (Å²) in [6, 6.07) is 11.0. The van der Waals surface area contributed by atoms with E-state index >= 15 is 0 Å². The van der Waals surface area contributed by atoms with Gasteiger partial charge in [-0.25, -0.2) is 0 Å². The summed E-state index contributed by atoms with van der Waals surface area (Å²) in [5, 5.41) is 0. The Balaban J connectivity index is 1.83. The number of likely N-dealkylation sites (N-methyl/N-ethyl adjacent to an activating group) is 1. The number of ether oxygens (including phenoxy) is 1. The van der Waals surface area contributed by atoms with Crippen LogP contribution in [0, 0.1) is 16.7 Å². The maximum atomic E-state index is 6.86. The van der Waals surface area contributed by atoms with E-state index in [-0.39, 0.29) is 11.0 Å². The van der Waals surface area contributed by atoms with E-state index in [0.29, 0.717) is 5.41 Å². The Kier molecular flexibility index (Phi) is 5.33. The summed E-state index contributed by atoms with van der Waals surface area (Å²) >= 11 is 0. The molecule has 1 aromatic carbocycles. The Labute approximate surface area is 154 Å². The molecule has 0 amide bonds. The van der Waals surface area contributed by atoms with E-state index in [9.17, 15) is 0 Å². The van der Waals surface area contributed by atoms with E-state index in [0.717, 1.165) is 38.6 Å². The first-order valence-corrected chi connectivity index (χ1v) is 10.3. The average molecular weight is 344 g/mol. The number of nitrogens with zero attached hydrogens (tertiary/aromatic N) is 1. The number of benzene rings is 1. The first-order chi connectivity index (χ1) is 11.9. The monoisotopic (exact) mass is 343 g/mol. The van der Waals surface area contributed by atoms with Gasteiger partial charge in [0, 0.05) is 18.4 Å². The van der Waals surface area contributed by atoms with Crippen molar-refractivity contribution in [2.24, 2.45) is 16.7 Å². The SMILES string of the molecule is CCN(CC)CCOC1(Cc2ccccc2)CC2CCC1(C)C2(C)C. The van der Waals surface area contributed by atoms with Crippen LogP contribution >= 0.6 is 0 Å². The molecule has 2 heteroatoms. The van der Waals surface area contributed by atoms with Gasteiger partial charge in [-0.05, 0) is 49.2 Å². The summed E-state index contributed by atoms with van der Waals surface area (Å²) < 4.78 is 6.86. The highest BCUT2D eigenvalue weighted by atomic mass is 16.5. The predicted molar refractivity (Wildman–Crippen MR) is 106 cm³/mol. The van der Waals surface area contributed by atoms with Gasteiger partial charge in [-0.15, -0.1) is 0 Å². The van der Waals surface area contributed by atoms with Crippen LogP contribution in [0.3, 0.4) is 0 Å². The van der Waals surface area contributed by atoms with Gasteiger partial charge in [0.05, 0.1) is 12.2 Å². The second-order valence-electron chi connectivity index (χ2n) is 9.03. The van der Waals surface area contributed by atoms with E-state index in [1.165, 1.54) is 24.8 Å². The predicted octanol–water partition coefficient (Wildman–Crippen LogP) is 5.17. The average Bonchev–Trinajstić information content (AvgIpc) is 2.92. The molecule has 3 atom stereocenters. The molecule has 2 nitrogen and oxygen atoms in total. The number of fused-ring (bicyclic) bond motifs is 2. The van der Waals surface area contributed by atoms with Crippen LogP contribution in [0.2, 0.25) is 0 Å². The fourth-order valence-electron chi connectivity index (χ4n) is 5.76. The minimum Gasteiger partial charge on any atom is -0.373 e. The molecule has 0 spiro atoms. The largest absolute Gasteiger partial charge is 0.373 e. The quantitative estimate of drug-likeness (QED) is 0.645. The summed E-state index contributed by atoms with van der Waals surface area (Å²) in [5.74, 6) is 0.801. The topological polar surface area (TPSA) is 12.5 Å². The molecule has 3 unspecified atom stereocenters. The summed E-state index contributed by atoms with van der Waals surface area (Å²) in [4.78, 5) is 2.47. The number of hydrogen-bond acceptors (Lipinski definition) is 2. The molecule has 2 aliphatic rings. The summed E-state index contributed by atoms with van der Waals surface area (Å²) in [5.41, 5.74) is 2.06. The minimum absolute atomic E-state index is 0.00603. The van der Waals surface area contributed by atoms with E-state index in [1.54, 1.807) is 0 Å². The van der Waals surface area contributed by atoms with Crippen molar-refractivity contribution in [1.29, 1.82) is 0 Å². The number of hydrogen-bond donors (Lipinski definition) is 0. The highest BCUT2D eigenvalue weighted by Gasteiger charge is 2.69. The fraction of sp³-hybridized carbons (Fsp3) is 0.739. The van der Waals surface area contributed by atoms with Crippen molar-refractivity contribution in [2.45, 2.75) is 65.9 Å². The maximum Gasteiger partial charge on any atom is 0.0784 e. The molecule has 140 valence electrons.